The minimum absolute atomic E-state index is 0.0211. The molecule has 1 fully saturated rings. The fourth-order valence-corrected chi connectivity index (χ4v) is 7.20. The summed E-state index contributed by atoms with van der Waals surface area (Å²) in [5.41, 5.74) is 5.38. The molecule has 0 spiro atoms. The minimum atomic E-state index is -0.222. The van der Waals surface area contributed by atoms with E-state index >= 15 is 0 Å². The largest absolute Gasteiger partial charge is 0.379 e. The lowest BCUT2D eigenvalue weighted by molar-refractivity contribution is -0.127. The van der Waals surface area contributed by atoms with Gasteiger partial charge in [0.1, 0.15) is 5.70 Å². The van der Waals surface area contributed by atoms with Gasteiger partial charge in [0, 0.05) is 49.8 Å². The number of anilines is 1. The fraction of sp³-hybridized carbons (Fsp3) is 0.647. The number of aryl methyl sites for hydroxylation is 2. The van der Waals surface area contributed by atoms with Crippen molar-refractivity contribution in [2.24, 2.45) is 10.9 Å². The normalized spacial score (nSPS) is 22.2. The molecule has 3 aliphatic heterocycles. The molecule has 1 N–H and O–H groups in total. The molecule has 5 rings (SSSR count). The second-order valence-electron chi connectivity index (χ2n) is 12.3. The molecule has 0 radical (unpaired) electrons. The SMILES string of the molecule is O=CC1=N/C(=C\c2cc3c4c(c2)CCCN4CCC3)C(=O)N1C1CCC(C(=O)NCCOCCOCCCCCCCl)CC1. The zero-order chi connectivity index (χ0) is 30.7. The maximum absolute atomic E-state index is 13.5. The quantitative estimate of drug-likeness (QED) is 0.124. The third kappa shape index (κ3) is 8.29. The molecule has 44 heavy (non-hydrogen) atoms. The molecule has 0 atom stereocenters. The summed E-state index contributed by atoms with van der Waals surface area (Å²) in [6, 6.07) is 4.24. The molecule has 9 nitrogen and oxygen atoms in total. The van der Waals surface area contributed by atoms with Crippen LogP contribution in [-0.2, 0) is 36.7 Å². The van der Waals surface area contributed by atoms with Crippen LogP contribution in [0.1, 0.15) is 80.9 Å². The average molecular weight is 627 g/mol. The van der Waals surface area contributed by atoms with Crippen molar-refractivity contribution < 1.29 is 23.9 Å². The molecule has 0 saturated heterocycles. The fourth-order valence-electron chi connectivity index (χ4n) is 7.02. The second-order valence-corrected chi connectivity index (χ2v) is 12.7. The van der Waals surface area contributed by atoms with Crippen molar-refractivity contribution in [1.29, 1.82) is 0 Å². The average Bonchev–Trinajstić information content (AvgIpc) is 3.36. The highest BCUT2D eigenvalue weighted by Crippen LogP contribution is 2.37. The lowest BCUT2D eigenvalue weighted by Gasteiger charge is -2.37. The summed E-state index contributed by atoms with van der Waals surface area (Å²) in [6.45, 7) is 4.94. The van der Waals surface area contributed by atoms with Gasteiger partial charge in [-0.25, -0.2) is 4.99 Å². The molecule has 2 amide bonds. The number of amidine groups is 1. The molecule has 3 heterocycles. The number of carbonyl (C=O) groups excluding carboxylic acids is 3. The molecule has 240 valence electrons. The number of hydrogen-bond acceptors (Lipinski definition) is 7. The number of alkyl halides is 1. The van der Waals surface area contributed by atoms with E-state index in [1.54, 1.807) is 4.90 Å². The summed E-state index contributed by atoms with van der Waals surface area (Å²) in [6.07, 6.45) is 13.9. The summed E-state index contributed by atoms with van der Waals surface area (Å²) in [7, 11) is 0. The Balaban J connectivity index is 1.05. The Morgan fingerprint density at radius 2 is 1.64 bits per heavy atom. The number of ether oxygens (including phenoxy) is 2. The number of aliphatic imine (C=N–C) groups is 1. The van der Waals surface area contributed by atoms with Crippen LogP contribution < -0.4 is 10.2 Å². The molecule has 1 saturated carbocycles. The molecule has 1 aromatic carbocycles. The number of carbonyl (C=O) groups is 3. The topological polar surface area (TPSA) is 101 Å². The highest BCUT2D eigenvalue weighted by atomic mass is 35.5. The van der Waals surface area contributed by atoms with E-state index in [0.717, 1.165) is 82.5 Å². The van der Waals surface area contributed by atoms with Crippen molar-refractivity contribution in [1.82, 2.24) is 10.2 Å². The maximum atomic E-state index is 13.5. The third-order valence-electron chi connectivity index (χ3n) is 9.21. The Morgan fingerprint density at radius 3 is 2.32 bits per heavy atom. The van der Waals surface area contributed by atoms with Crippen molar-refractivity contribution in [2.45, 2.75) is 83.1 Å². The molecule has 0 aromatic heterocycles. The molecule has 0 unspecified atom stereocenters. The molecule has 1 aliphatic carbocycles. The van der Waals surface area contributed by atoms with Gasteiger partial charge in [0.05, 0.1) is 19.8 Å². The first-order chi connectivity index (χ1) is 21.6. The van der Waals surface area contributed by atoms with Crippen molar-refractivity contribution in [2.75, 3.05) is 56.8 Å². The van der Waals surface area contributed by atoms with Crippen LogP contribution in [0.25, 0.3) is 6.08 Å². The van der Waals surface area contributed by atoms with Gasteiger partial charge in [0.2, 0.25) is 5.91 Å². The van der Waals surface area contributed by atoms with Gasteiger partial charge < -0.3 is 19.7 Å². The lowest BCUT2D eigenvalue weighted by Crippen LogP contribution is -2.45. The molecule has 10 heteroatoms. The highest BCUT2D eigenvalue weighted by molar-refractivity contribution is 6.36. The van der Waals surface area contributed by atoms with Crippen LogP contribution in [-0.4, -0.2) is 86.8 Å². The number of nitrogens with zero attached hydrogens (tertiary/aromatic N) is 3. The summed E-state index contributed by atoms with van der Waals surface area (Å²) in [5.74, 6) is 0.587. The Kier molecular flexibility index (Phi) is 12.3. The van der Waals surface area contributed by atoms with Gasteiger partial charge >= 0.3 is 0 Å². The molecule has 0 bridgehead atoms. The summed E-state index contributed by atoms with van der Waals surface area (Å²) < 4.78 is 11.2. The van der Waals surface area contributed by atoms with E-state index in [0.29, 0.717) is 64.0 Å². The third-order valence-corrected chi connectivity index (χ3v) is 9.47. The van der Waals surface area contributed by atoms with Crippen LogP contribution in [0.15, 0.2) is 22.8 Å². The predicted molar refractivity (Wildman–Crippen MR) is 173 cm³/mol. The van der Waals surface area contributed by atoms with Gasteiger partial charge in [-0.2, -0.15) is 0 Å². The number of halogens is 1. The molecular weight excluding hydrogens is 580 g/mol. The first-order valence-electron chi connectivity index (χ1n) is 16.6. The number of rotatable bonds is 16. The monoisotopic (exact) mass is 626 g/mol. The van der Waals surface area contributed by atoms with Crippen LogP contribution in [0, 0.1) is 5.92 Å². The minimum Gasteiger partial charge on any atom is -0.379 e. The lowest BCUT2D eigenvalue weighted by atomic mass is 9.84. The van der Waals surface area contributed by atoms with Gasteiger partial charge in [-0.15, -0.1) is 11.6 Å². The van der Waals surface area contributed by atoms with Gasteiger partial charge in [-0.1, -0.05) is 12.8 Å². The number of benzene rings is 1. The van der Waals surface area contributed by atoms with Crippen molar-refractivity contribution in [3.8, 4) is 0 Å². The number of amides is 2. The summed E-state index contributed by atoms with van der Waals surface area (Å²) in [4.78, 5) is 46.7. The number of aldehydes is 1. The Morgan fingerprint density at radius 1 is 0.955 bits per heavy atom. The predicted octanol–water partition coefficient (Wildman–Crippen LogP) is 4.67. The van der Waals surface area contributed by atoms with Crippen LogP contribution in [0.4, 0.5) is 5.69 Å². The Bertz CT molecular complexity index is 1200. The number of nitrogens with one attached hydrogen (secondary N) is 1. The molecule has 4 aliphatic rings. The van der Waals surface area contributed by atoms with Gasteiger partial charge in [-0.05, 0) is 99.1 Å². The smallest absolute Gasteiger partial charge is 0.278 e. The highest BCUT2D eigenvalue weighted by Gasteiger charge is 2.38. The summed E-state index contributed by atoms with van der Waals surface area (Å²) in [5, 5.41) is 2.98. The summed E-state index contributed by atoms with van der Waals surface area (Å²) >= 11 is 5.68. The van der Waals surface area contributed by atoms with Crippen LogP contribution in [0.5, 0.6) is 0 Å². The Hall–Kier alpha value is -2.75. The zero-order valence-electron chi connectivity index (χ0n) is 25.9. The van der Waals surface area contributed by atoms with E-state index in [9.17, 15) is 14.4 Å². The molecular formula is C34H47ClN4O5. The van der Waals surface area contributed by atoms with E-state index in [2.05, 4.69) is 27.3 Å². The van der Waals surface area contributed by atoms with Crippen LogP contribution in [0.2, 0.25) is 0 Å². The van der Waals surface area contributed by atoms with E-state index < -0.39 is 0 Å². The van der Waals surface area contributed by atoms with Crippen molar-refractivity contribution in [3.63, 3.8) is 0 Å². The first kappa shape index (κ1) is 32.6. The Labute approximate surface area is 266 Å². The van der Waals surface area contributed by atoms with Crippen molar-refractivity contribution >= 4 is 47.3 Å². The van der Waals surface area contributed by atoms with E-state index in [-0.39, 0.29) is 29.6 Å². The number of unbranched alkanes of at least 4 members (excludes halogenated alkanes) is 3. The van der Waals surface area contributed by atoms with E-state index in [4.69, 9.17) is 21.1 Å². The maximum Gasteiger partial charge on any atom is 0.278 e. The standard InChI is InChI=1S/C34H47ClN4O5/c35-13-3-1-2-4-17-43-19-20-44-18-14-36-33(41)26-9-11-29(12-10-26)39-31(24-40)37-30(34(39)42)23-25-21-27-7-5-15-38-16-6-8-28(22-25)32(27)38/h21-24,26,29H,1-20H2,(H,36,41)/b30-23-. The number of hydrogen-bond donors (Lipinski definition) is 1. The van der Waals surface area contributed by atoms with Crippen molar-refractivity contribution in [3.05, 3.63) is 34.5 Å². The zero-order valence-corrected chi connectivity index (χ0v) is 26.6. The van der Waals surface area contributed by atoms with Gasteiger partial charge in [0.25, 0.3) is 5.91 Å². The van der Waals surface area contributed by atoms with Gasteiger partial charge in [-0.3, -0.25) is 19.3 Å². The van der Waals surface area contributed by atoms with E-state index in [1.807, 2.05) is 6.08 Å². The first-order valence-corrected chi connectivity index (χ1v) is 17.1. The second kappa shape index (κ2) is 16.5. The molecule has 1 aromatic rings. The van der Waals surface area contributed by atoms with Crippen LogP contribution in [0.3, 0.4) is 0 Å². The van der Waals surface area contributed by atoms with Gasteiger partial charge in [0.15, 0.2) is 12.1 Å². The van der Waals surface area contributed by atoms with Crippen LogP contribution >= 0.6 is 11.6 Å². The van der Waals surface area contributed by atoms with E-state index in [1.165, 1.54) is 16.8 Å².